The van der Waals surface area contributed by atoms with Crippen molar-refractivity contribution in [3.05, 3.63) is 0 Å². The van der Waals surface area contributed by atoms with Gasteiger partial charge in [0.05, 0.1) is 11.2 Å². The fourth-order valence-electron chi connectivity index (χ4n) is 0.642. The van der Waals surface area contributed by atoms with E-state index in [9.17, 15) is 0 Å². The Morgan fingerprint density at radius 2 is 1.89 bits per heavy atom. The van der Waals surface area contributed by atoms with Gasteiger partial charge < -0.3 is 5.11 Å². The molecular weight excluding hydrogens is 152 g/mol. The lowest BCUT2D eigenvalue weighted by atomic mass is 10.6. The van der Waals surface area contributed by atoms with E-state index >= 15 is 0 Å². The molecule has 0 unspecified atom stereocenters. The van der Waals surface area contributed by atoms with Gasteiger partial charge in [0.15, 0.2) is 0 Å². The van der Waals surface area contributed by atoms with Crippen molar-refractivity contribution in [3.63, 3.8) is 0 Å². The maximum Gasteiger partial charge on any atom is 0.0733 e. The quantitative estimate of drug-likeness (QED) is 0.641. The first-order valence-electron chi connectivity index (χ1n) is 2.77. The molecule has 0 bridgehead atoms. The van der Waals surface area contributed by atoms with Crippen molar-refractivity contribution in [2.45, 2.75) is 18.4 Å². The molecule has 0 spiro atoms. The maximum absolute atomic E-state index is 8.65. The SMILES string of the molecule is C.OCC1SCCCS1. The zero-order chi connectivity index (χ0) is 5.82. The van der Waals surface area contributed by atoms with Crippen molar-refractivity contribution < 1.29 is 5.11 Å². The fourth-order valence-corrected chi connectivity index (χ4v) is 3.15. The minimum atomic E-state index is 0. The van der Waals surface area contributed by atoms with E-state index in [0.29, 0.717) is 11.2 Å². The van der Waals surface area contributed by atoms with Crippen LogP contribution in [0.15, 0.2) is 0 Å². The third-order valence-electron chi connectivity index (χ3n) is 1.05. The van der Waals surface area contributed by atoms with Gasteiger partial charge >= 0.3 is 0 Å². The van der Waals surface area contributed by atoms with Crippen LogP contribution in [-0.4, -0.2) is 27.8 Å². The molecule has 0 aromatic carbocycles. The summed E-state index contributed by atoms with van der Waals surface area (Å²) in [4.78, 5) is 0. The highest BCUT2D eigenvalue weighted by molar-refractivity contribution is 8.17. The Morgan fingerprint density at radius 3 is 2.22 bits per heavy atom. The zero-order valence-corrected chi connectivity index (χ0v) is 6.30. The molecular formula is C6H14OS2. The summed E-state index contributed by atoms with van der Waals surface area (Å²) in [6.45, 7) is 0.343. The first kappa shape index (κ1) is 9.66. The Morgan fingerprint density at radius 1 is 1.33 bits per heavy atom. The van der Waals surface area contributed by atoms with Crippen LogP contribution in [0, 0.1) is 0 Å². The number of hydrogen-bond acceptors (Lipinski definition) is 3. The highest BCUT2D eigenvalue weighted by Gasteiger charge is 2.11. The lowest BCUT2D eigenvalue weighted by Crippen LogP contribution is -2.10. The minimum Gasteiger partial charge on any atom is -0.394 e. The highest BCUT2D eigenvalue weighted by Crippen LogP contribution is 2.29. The average molecular weight is 166 g/mol. The Bertz CT molecular complexity index is 62.1. The fraction of sp³-hybridized carbons (Fsp3) is 1.00. The molecule has 1 aliphatic rings. The van der Waals surface area contributed by atoms with Gasteiger partial charge in [-0.3, -0.25) is 0 Å². The van der Waals surface area contributed by atoms with Crippen LogP contribution >= 0.6 is 23.5 Å². The van der Waals surface area contributed by atoms with E-state index in [-0.39, 0.29) is 7.43 Å². The molecule has 1 rings (SSSR count). The van der Waals surface area contributed by atoms with E-state index < -0.39 is 0 Å². The Kier molecular flexibility index (Phi) is 5.84. The number of aliphatic hydroxyl groups excluding tert-OH is 1. The summed E-state index contributed by atoms with van der Waals surface area (Å²) in [6.07, 6.45) is 1.31. The molecule has 0 aromatic heterocycles. The molecule has 0 atom stereocenters. The predicted octanol–water partition coefficient (Wildman–Crippen LogP) is 1.81. The van der Waals surface area contributed by atoms with Gasteiger partial charge in [0, 0.05) is 0 Å². The Labute approximate surface area is 65.6 Å². The van der Waals surface area contributed by atoms with E-state index in [4.69, 9.17) is 5.11 Å². The Hall–Kier alpha value is 0.660. The topological polar surface area (TPSA) is 20.2 Å². The summed E-state index contributed by atoms with van der Waals surface area (Å²) < 4.78 is 0.476. The summed E-state index contributed by atoms with van der Waals surface area (Å²) in [5.74, 6) is 2.47. The van der Waals surface area contributed by atoms with Crippen LogP contribution in [0.25, 0.3) is 0 Å². The van der Waals surface area contributed by atoms with Gasteiger partial charge in [-0.05, 0) is 17.9 Å². The van der Waals surface area contributed by atoms with Crippen LogP contribution in [0.1, 0.15) is 13.8 Å². The van der Waals surface area contributed by atoms with Gasteiger partial charge in [-0.15, -0.1) is 23.5 Å². The van der Waals surface area contributed by atoms with Crippen molar-refractivity contribution in [2.75, 3.05) is 18.1 Å². The van der Waals surface area contributed by atoms with Crippen molar-refractivity contribution >= 4 is 23.5 Å². The maximum atomic E-state index is 8.65. The third-order valence-corrected chi connectivity index (χ3v) is 3.95. The molecule has 0 aromatic rings. The first-order valence-corrected chi connectivity index (χ1v) is 4.87. The van der Waals surface area contributed by atoms with Crippen molar-refractivity contribution in [2.24, 2.45) is 0 Å². The van der Waals surface area contributed by atoms with Gasteiger partial charge in [0.25, 0.3) is 0 Å². The molecule has 1 saturated heterocycles. The summed E-state index contributed by atoms with van der Waals surface area (Å²) >= 11 is 3.75. The molecule has 0 amide bonds. The van der Waals surface area contributed by atoms with Crippen LogP contribution in [-0.2, 0) is 0 Å². The molecule has 9 heavy (non-hydrogen) atoms. The van der Waals surface area contributed by atoms with Gasteiger partial charge in [-0.25, -0.2) is 0 Å². The van der Waals surface area contributed by atoms with E-state index in [2.05, 4.69) is 0 Å². The molecule has 1 fully saturated rings. The third kappa shape index (κ3) is 3.38. The van der Waals surface area contributed by atoms with Crippen LogP contribution in [0.4, 0.5) is 0 Å². The standard InChI is InChI=1S/C5H10OS2.CH4/c6-4-5-7-2-1-3-8-5;/h5-6H,1-4H2;1H4. The monoisotopic (exact) mass is 166 g/mol. The number of thioether (sulfide) groups is 2. The van der Waals surface area contributed by atoms with Gasteiger partial charge in [0.2, 0.25) is 0 Å². The molecule has 1 N–H and O–H groups in total. The normalized spacial score (nSPS) is 21.0. The molecule has 0 radical (unpaired) electrons. The summed E-state index contributed by atoms with van der Waals surface area (Å²) in [5, 5.41) is 8.65. The highest BCUT2D eigenvalue weighted by atomic mass is 32.2. The van der Waals surface area contributed by atoms with Crippen molar-refractivity contribution in [1.82, 2.24) is 0 Å². The van der Waals surface area contributed by atoms with Crippen LogP contribution in [0.3, 0.4) is 0 Å². The van der Waals surface area contributed by atoms with E-state index in [0.717, 1.165) is 0 Å². The van der Waals surface area contributed by atoms with Crippen molar-refractivity contribution in [1.29, 1.82) is 0 Å². The van der Waals surface area contributed by atoms with Crippen LogP contribution in [0.5, 0.6) is 0 Å². The number of aliphatic hydroxyl groups is 1. The number of hydrogen-bond donors (Lipinski definition) is 1. The zero-order valence-electron chi connectivity index (χ0n) is 4.67. The van der Waals surface area contributed by atoms with Gasteiger partial charge in [-0.2, -0.15) is 0 Å². The van der Waals surface area contributed by atoms with Crippen LogP contribution in [0.2, 0.25) is 0 Å². The smallest absolute Gasteiger partial charge is 0.0733 e. The Balaban J connectivity index is 0.000000640. The van der Waals surface area contributed by atoms with E-state index in [1.165, 1.54) is 17.9 Å². The second kappa shape index (κ2) is 5.45. The average Bonchev–Trinajstić information content (AvgIpc) is 1.90. The lowest BCUT2D eigenvalue weighted by molar-refractivity contribution is 0.315. The second-order valence-corrected chi connectivity index (χ2v) is 4.63. The summed E-state index contributed by atoms with van der Waals surface area (Å²) in [6, 6.07) is 0. The molecule has 1 heterocycles. The van der Waals surface area contributed by atoms with E-state index in [1.54, 1.807) is 0 Å². The predicted molar refractivity (Wildman–Crippen MR) is 47.1 cm³/mol. The molecule has 0 aliphatic carbocycles. The van der Waals surface area contributed by atoms with Gasteiger partial charge in [0.1, 0.15) is 0 Å². The molecule has 56 valence electrons. The van der Waals surface area contributed by atoms with Gasteiger partial charge in [-0.1, -0.05) is 7.43 Å². The second-order valence-electron chi connectivity index (χ2n) is 1.71. The molecule has 1 aliphatic heterocycles. The largest absolute Gasteiger partial charge is 0.394 e. The minimum absolute atomic E-state index is 0. The van der Waals surface area contributed by atoms with Crippen molar-refractivity contribution in [3.8, 4) is 0 Å². The molecule has 0 saturated carbocycles. The number of rotatable bonds is 1. The lowest BCUT2D eigenvalue weighted by Gasteiger charge is -2.17. The van der Waals surface area contributed by atoms with E-state index in [1.807, 2.05) is 23.5 Å². The summed E-state index contributed by atoms with van der Waals surface area (Å²) in [7, 11) is 0. The summed E-state index contributed by atoms with van der Waals surface area (Å²) in [5.41, 5.74) is 0. The molecule has 3 heteroatoms. The molecule has 1 nitrogen and oxygen atoms in total. The first-order chi connectivity index (χ1) is 3.93. The van der Waals surface area contributed by atoms with Crippen LogP contribution < -0.4 is 0 Å².